The summed E-state index contributed by atoms with van der Waals surface area (Å²) in [6.07, 6.45) is 1.42. The molecule has 0 aliphatic heterocycles. The lowest BCUT2D eigenvalue weighted by molar-refractivity contribution is 0.0524. The number of carbonyl (C=O) groups is 1. The summed E-state index contributed by atoms with van der Waals surface area (Å²) in [5, 5.41) is 0. The molecule has 0 radical (unpaired) electrons. The summed E-state index contributed by atoms with van der Waals surface area (Å²) >= 11 is 5.83. The van der Waals surface area contributed by atoms with Gasteiger partial charge in [0.15, 0.2) is 5.82 Å². The summed E-state index contributed by atoms with van der Waals surface area (Å²) in [6.45, 7) is 2.23. The van der Waals surface area contributed by atoms with Crippen LogP contribution < -0.4 is 4.74 Å². The third-order valence-electron chi connectivity index (χ3n) is 2.65. The van der Waals surface area contributed by atoms with Crippen molar-refractivity contribution in [2.24, 2.45) is 0 Å². The van der Waals surface area contributed by atoms with E-state index in [1.54, 1.807) is 6.92 Å². The van der Waals surface area contributed by atoms with Gasteiger partial charge in [0.05, 0.1) is 18.2 Å². The van der Waals surface area contributed by atoms with Crippen LogP contribution in [-0.4, -0.2) is 22.5 Å². The minimum Gasteiger partial charge on any atom is -0.486 e. The largest absolute Gasteiger partial charge is 0.486 e. The molecule has 0 N–H and O–H groups in total. The molecule has 2 rings (SSSR count). The van der Waals surface area contributed by atoms with Gasteiger partial charge in [-0.2, -0.15) is 0 Å². The van der Waals surface area contributed by atoms with Crippen molar-refractivity contribution in [3.63, 3.8) is 0 Å². The third-order valence-corrected chi connectivity index (χ3v) is 2.90. The molecule has 0 atom stereocenters. The number of para-hydroxylation sites is 1. The Labute approximate surface area is 127 Å². The van der Waals surface area contributed by atoms with E-state index in [0.717, 1.165) is 5.75 Å². The summed E-state index contributed by atoms with van der Waals surface area (Å²) in [4.78, 5) is 20.1. The lowest BCUT2D eigenvalue weighted by Gasteiger charge is -2.08. The first kappa shape index (κ1) is 15.3. The Hall–Kier alpha value is -2.14. The average molecular weight is 307 g/mol. The smallest absolute Gasteiger partial charge is 0.341 e. The van der Waals surface area contributed by atoms with Crippen LogP contribution in [0.2, 0.25) is 0 Å². The van der Waals surface area contributed by atoms with E-state index in [9.17, 15) is 4.79 Å². The lowest BCUT2D eigenvalue weighted by Crippen LogP contribution is -2.12. The summed E-state index contributed by atoms with van der Waals surface area (Å²) in [6, 6.07) is 9.35. The van der Waals surface area contributed by atoms with Gasteiger partial charge in [0.2, 0.25) is 0 Å². The molecule has 0 amide bonds. The highest BCUT2D eigenvalue weighted by atomic mass is 35.5. The number of carbonyl (C=O) groups excluding carboxylic acids is 1. The fourth-order valence-corrected chi connectivity index (χ4v) is 1.88. The number of hydrogen-bond donors (Lipinski definition) is 0. The second kappa shape index (κ2) is 7.59. The van der Waals surface area contributed by atoms with Crippen LogP contribution in [-0.2, 0) is 17.2 Å². The lowest BCUT2D eigenvalue weighted by atomic mass is 10.2. The van der Waals surface area contributed by atoms with Crippen molar-refractivity contribution in [3.05, 3.63) is 53.6 Å². The maximum Gasteiger partial charge on any atom is 0.341 e. The molecule has 0 aliphatic rings. The zero-order valence-electron chi connectivity index (χ0n) is 11.6. The minimum absolute atomic E-state index is 0.106. The molecule has 0 saturated carbocycles. The first-order valence-electron chi connectivity index (χ1n) is 6.50. The molecule has 0 fully saturated rings. The van der Waals surface area contributed by atoms with E-state index >= 15 is 0 Å². The summed E-state index contributed by atoms with van der Waals surface area (Å²) in [5.41, 5.74) is 0.729. The topological polar surface area (TPSA) is 61.3 Å². The van der Waals surface area contributed by atoms with Gasteiger partial charge in [0.25, 0.3) is 0 Å². The highest BCUT2D eigenvalue weighted by Gasteiger charge is 2.15. The van der Waals surface area contributed by atoms with E-state index in [-0.39, 0.29) is 18.1 Å². The Morgan fingerprint density at radius 2 is 2.05 bits per heavy atom. The van der Waals surface area contributed by atoms with Crippen LogP contribution in [0, 0.1) is 0 Å². The molecule has 1 aromatic carbocycles. The van der Waals surface area contributed by atoms with E-state index in [2.05, 4.69) is 9.97 Å². The predicted molar refractivity (Wildman–Crippen MR) is 78.3 cm³/mol. The van der Waals surface area contributed by atoms with E-state index in [4.69, 9.17) is 21.1 Å². The predicted octanol–water partition coefficient (Wildman–Crippen LogP) is 2.97. The van der Waals surface area contributed by atoms with Crippen LogP contribution in [0.1, 0.15) is 28.8 Å². The quantitative estimate of drug-likeness (QED) is 0.606. The van der Waals surface area contributed by atoms with Crippen molar-refractivity contribution in [2.75, 3.05) is 6.61 Å². The van der Waals surface area contributed by atoms with Gasteiger partial charge in [-0.25, -0.2) is 14.8 Å². The molecular weight excluding hydrogens is 292 g/mol. The van der Waals surface area contributed by atoms with Crippen molar-refractivity contribution < 1.29 is 14.3 Å². The van der Waals surface area contributed by atoms with E-state index in [1.165, 1.54) is 6.20 Å². The number of esters is 1. The maximum atomic E-state index is 11.7. The zero-order valence-corrected chi connectivity index (χ0v) is 12.3. The Bertz CT molecular complexity index is 605. The Morgan fingerprint density at radius 1 is 1.29 bits per heavy atom. The number of alkyl halides is 1. The van der Waals surface area contributed by atoms with Gasteiger partial charge in [0.1, 0.15) is 17.9 Å². The molecule has 1 aromatic heterocycles. The number of benzene rings is 1. The monoisotopic (exact) mass is 306 g/mol. The van der Waals surface area contributed by atoms with Gasteiger partial charge in [-0.3, -0.25) is 0 Å². The van der Waals surface area contributed by atoms with Crippen LogP contribution >= 0.6 is 11.6 Å². The standard InChI is InChI=1S/C15H15ClN2O3/c1-2-20-15(19)12-9-17-14(18-13(12)8-16)10-21-11-6-4-3-5-7-11/h3-7,9H,2,8,10H2,1H3. The number of ether oxygens (including phenoxy) is 2. The highest BCUT2D eigenvalue weighted by molar-refractivity contribution is 6.17. The Balaban J connectivity index is 2.10. The van der Waals surface area contributed by atoms with Crippen molar-refractivity contribution in [2.45, 2.75) is 19.4 Å². The van der Waals surface area contributed by atoms with Gasteiger partial charge in [-0.15, -0.1) is 11.6 Å². The van der Waals surface area contributed by atoms with E-state index < -0.39 is 5.97 Å². The molecule has 0 bridgehead atoms. The molecule has 0 aliphatic carbocycles. The molecule has 5 nitrogen and oxygen atoms in total. The normalized spacial score (nSPS) is 10.2. The van der Waals surface area contributed by atoms with Gasteiger partial charge < -0.3 is 9.47 Å². The second-order valence-corrected chi connectivity index (χ2v) is 4.37. The fourth-order valence-electron chi connectivity index (χ4n) is 1.67. The van der Waals surface area contributed by atoms with Crippen LogP contribution in [0.5, 0.6) is 5.75 Å². The third kappa shape index (κ3) is 4.16. The molecule has 2 aromatic rings. The number of rotatable bonds is 6. The zero-order chi connectivity index (χ0) is 15.1. The first-order valence-corrected chi connectivity index (χ1v) is 7.03. The SMILES string of the molecule is CCOC(=O)c1cnc(COc2ccccc2)nc1CCl. The van der Waals surface area contributed by atoms with Crippen LogP contribution in [0.25, 0.3) is 0 Å². The van der Waals surface area contributed by atoms with Crippen LogP contribution in [0.3, 0.4) is 0 Å². The summed E-state index contributed by atoms with van der Waals surface area (Å²) in [7, 11) is 0. The average Bonchev–Trinajstić information content (AvgIpc) is 2.53. The van der Waals surface area contributed by atoms with Gasteiger partial charge in [-0.05, 0) is 19.1 Å². The van der Waals surface area contributed by atoms with Crippen LogP contribution in [0.4, 0.5) is 0 Å². The highest BCUT2D eigenvalue weighted by Crippen LogP contribution is 2.13. The number of nitrogens with zero attached hydrogens (tertiary/aromatic N) is 2. The number of halogens is 1. The second-order valence-electron chi connectivity index (χ2n) is 4.10. The van der Waals surface area contributed by atoms with Gasteiger partial charge in [-0.1, -0.05) is 18.2 Å². The van der Waals surface area contributed by atoms with Crippen molar-refractivity contribution in [1.29, 1.82) is 0 Å². The Morgan fingerprint density at radius 3 is 2.71 bits per heavy atom. The van der Waals surface area contributed by atoms with Crippen LogP contribution in [0.15, 0.2) is 36.5 Å². The van der Waals surface area contributed by atoms with Crippen molar-refractivity contribution >= 4 is 17.6 Å². The Kier molecular flexibility index (Phi) is 5.51. The molecule has 0 spiro atoms. The molecule has 0 unspecified atom stereocenters. The van der Waals surface area contributed by atoms with Gasteiger partial charge >= 0.3 is 5.97 Å². The summed E-state index contributed by atoms with van der Waals surface area (Å²) in [5.74, 6) is 0.823. The summed E-state index contributed by atoms with van der Waals surface area (Å²) < 4.78 is 10.5. The molecule has 110 valence electrons. The first-order chi connectivity index (χ1) is 10.2. The number of aromatic nitrogens is 2. The molecule has 6 heteroatoms. The maximum absolute atomic E-state index is 11.7. The minimum atomic E-state index is -0.469. The van der Waals surface area contributed by atoms with Crippen molar-refractivity contribution in [3.8, 4) is 5.75 Å². The number of hydrogen-bond acceptors (Lipinski definition) is 5. The fraction of sp³-hybridized carbons (Fsp3) is 0.267. The van der Waals surface area contributed by atoms with Crippen molar-refractivity contribution in [1.82, 2.24) is 9.97 Å². The van der Waals surface area contributed by atoms with Gasteiger partial charge in [0, 0.05) is 6.20 Å². The molecule has 0 saturated heterocycles. The molecular formula is C15H15ClN2O3. The van der Waals surface area contributed by atoms with E-state index in [1.807, 2.05) is 30.3 Å². The molecule has 1 heterocycles. The molecule has 21 heavy (non-hydrogen) atoms. The van der Waals surface area contributed by atoms with E-state index in [0.29, 0.717) is 18.1 Å².